The number of thiophene rings is 1. The monoisotopic (exact) mass is 376 g/mol. The van der Waals surface area contributed by atoms with Crippen LogP contribution >= 0.6 is 23.1 Å². The molecule has 8 heteroatoms. The van der Waals surface area contributed by atoms with E-state index in [1.807, 2.05) is 18.4 Å². The summed E-state index contributed by atoms with van der Waals surface area (Å²) in [4.78, 5) is 37.1. The minimum Gasteiger partial charge on any atom is -0.481 e. The first-order chi connectivity index (χ1) is 11.9. The molecule has 2 atom stereocenters. The minimum absolute atomic E-state index is 0.0996. The maximum atomic E-state index is 12.5. The number of benzene rings is 1. The van der Waals surface area contributed by atoms with Gasteiger partial charge in [-0.2, -0.15) is 0 Å². The predicted molar refractivity (Wildman–Crippen MR) is 97.2 cm³/mol. The highest BCUT2D eigenvalue weighted by Crippen LogP contribution is 2.36. The summed E-state index contributed by atoms with van der Waals surface area (Å²) in [6, 6.07) is 8.11. The summed E-state index contributed by atoms with van der Waals surface area (Å²) in [7, 11) is 0. The lowest BCUT2D eigenvalue weighted by atomic mass is 10.1. The van der Waals surface area contributed by atoms with Gasteiger partial charge in [0, 0.05) is 15.3 Å². The Morgan fingerprint density at radius 3 is 2.84 bits per heavy atom. The van der Waals surface area contributed by atoms with Crippen LogP contribution < -0.4 is 10.6 Å². The van der Waals surface area contributed by atoms with Gasteiger partial charge in [-0.15, -0.1) is 23.1 Å². The molecule has 0 saturated heterocycles. The standard InChI is InChI=1S/C17H16N2O4S2/c1-9-16(22)18-11-7-10(4-5-14(11)25-9)17(23)19-12(8-15(20)21)13-3-2-6-24-13/h2-7,9,12H,8H2,1H3,(H,18,22)(H,19,23)(H,20,21)/t9-,12+/m0/s1. The first kappa shape index (κ1) is 17.5. The van der Waals surface area contributed by atoms with Crippen molar-refractivity contribution in [1.82, 2.24) is 5.32 Å². The zero-order valence-corrected chi connectivity index (χ0v) is 14.9. The number of fused-ring (bicyclic) bond motifs is 1. The van der Waals surface area contributed by atoms with Gasteiger partial charge in [0.05, 0.1) is 23.4 Å². The molecule has 1 aromatic heterocycles. The molecular weight excluding hydrogens is 360 g/mol. The molecule has 25 heavy (non-hydrogen) atoms. The van der Waals surface area contributed by atoms with E-state index in [4.69, 9.17) is 5.11 Å². The molecule has 0 aliphatic carbocycles. The van der Waals surface area contributed by atoms with Crippen molar-refractivity contribution < 1.29 is 19.5 Å². The third-order valence-corrected chi connectivity index (χ3v) is 5.91. The van der Waals surface area contributed by atoms with E-state index in [0.29, 0.717) is 11.3 Å². The number of amides is 2. The van der Waals surface area contributed by atoms with Gasteiger partial charge in [0.25, 0.3) is 5.91 Å². The molecule has 0 bridgehead atoms. The molecule has 2 heterocycles. The van der Waals surface area contributed by atoms with Crippen LogP contribution in [0, 0.1) is 0 Å². The van der Waals surface area contributed by atoms with Crippen LogP contribution in [0.4, 0.5) is 5.69 Å². The van der Waals surface area contributed by atoms with Crippen molar-refractivity contribution in [3.05, 3.63) is 46.2 Å². The van der Waals surface area contributed by atoms with Gasteiger partial charge in [0.15, 0.2) is 0 Å². The summed E-state index contributed by atoms with van der Waals surface area (Å²) in [6.07, 6.45) is -0.193. The number of hydrogen-bond acceptors (Lipinski definition) is 5. The number of hydrogen-bond donors (Lipinski definition) is 3. The highest BCUT2D eigenvalue weighted by Gasteiger charge is 2.25. The van der Waals surface area contributed by atoms with Crippen molar-refractivity contribution in [1.29, 1.82) is 0 Å². The summed E-state index contributed by atoms with van der Waals surface area (Å²) in [5.74, 6) is -1.46. The molecular formula is C17H16N2O4S2. The van der Waals surface area contributed by atoms with E-state index in [2.05, 4.69) is 10.6 Å². The Hall–Kier alpha value is -2.32. The number of carbonyl (C=O) groups is 3. The normalized spacial score (nSPS) is 17.3. The first-order valence-corrected chi connectivity index (χ1v) is 9.37. The molecule has 2 aromatic rings. The Morgan fingerprint density at radius 1 is 1.36 bits per heavy atom. The quantitative estimate of drug-likeness (QED) is 0.745. The lowest BCUT2D eigenvalue weighted by Crippen LogP contribution is -2.30. The third kappa shape index (κ3) is 4.02. The molecule has 0 radical (unpaired) electrons. The fraction of sp³-hybridized carbons (Fsp3) is 0.235. The van der Waals surface area contributed by atoms with E-state index < -0.39 is 12.0 Å². The molecule has 3 rings (SSSR count). The third-order valence-electron chi connectivity index (χ3n) is 3.74. The number of rotatable bonds is 5. The first-order valence-electron chi connectivity index (χ1n) is 7.61. The second-order valence-corrected chi connectivity index (χ2v) is 7.96. The molecule has 0 unspecified atom stereocenters. The average Bonchev–Trinajstić information content (AvgIpc) is 3.09. The summed E-state index contributed by atoms with van der Waals surface area (Å²) < 4.78 is 0. The summed E-state index contributed by atoms with van der Waals surface area (Å²) >= 11 is 2.84. The van der Waals surface area contributed by atoms with Crippen molar-refractivity contribution in [2.45, 2.75) is 29.5 Å². The maximum Gasteiger partial charge on any atom is 0.305 e. The van der Waals surface area contributed by atoms with Crippen molar-refractivity contribution in [2.75, 3.05) is 5.32 Å². The van der Waals surface area contributed by atoms with E-state index in [9.17, 15) is 14.4 Å². The fourth-order valence-electron chi connectivity index (χ4n) is 2.48. The van der Waals surface area contributed by atoms with Gasteiger partial charge in [0.1, 0.15) is 0 Å². The summed E-state index contributed by atoms with van der Waals surface area (Å²) in [5.41, 5.74) is 0.979. The Labute approximate surface area is 152 Å². The summed E-state index contributed by atoms with van der Waals surface area (Å²) in [5, 5.41) is 16.3. The minimum atomic E-state index is -0.984. The average molecular weight is 376 g/mol. The number of carboxylic acids is 1. The van der Waals surface area contributed by atoms with E-state index in [1.54, 1.807) is 24.3 Å². The van der Waals surface area contributed by atoms with Crippen LogP contribution in [-0.2, 0) is 9.59 Å². The molecule has 1 aliphatic rings. The van der Waals surface area contributed by atoms with Gasteiger partial charge in [-0.05, 0) is 36.6 Å². The number of anilines is 1. The fourth-order valence-corrected chi connectivity index (χ4v) is 4.19. The van der Waals surface area contributed by atoms with Gasteiger partial charge < -0.3 is 15.7 Å². The van der Waals surface area contributed by atoms with Gasteiger partial charge in [-0.25, -0.2) is 0 Å². The van der Waals surface area contributed by atoms with Gasteiger partial charge >= 0.3 is 5.97 Å². The zero-order chi connectivity index (χ0) is 18.0. The van der Waals surface area contributed by atoms with Crippen LogP contribution in [0.3, 0.4) is 0 Å². The smallest absolute Gasteiger partial charge is 0.305 e. The van der Waals surface area contributed by atoms with Crippen LogP contribution in [0.15, 0.2) is 40.6 Å². The van der Waals surface area contributed by atoms with Crippen LogP contribution in [-0.4, -0.2) is 28.1 Å². The summed E-state index contributed by atoms with van der Waals surface area (Å²) in [6.45, 7) is 1.82. The molecule has 1 aliphatic heterocycles. The molecule has 3 N–H and O–H groups in total. The van der Waals surface area contributed by atoms with Gasteiger partial charge in [0.2, 0.25) is 5.91 Å². The second kappa shape index (κ2) is 7.28. The van der Waals surface area contributed by atoms with Gasteiger partial charge in [-0.3, -0.25) is 14.4 Å². The zero-order valence-electron chi connectivity index (χ0n) is 13.3. The topological polar surface area (TPSA) is 95.5 Å². The highest BCUT2D eigenvalue weighted by molar-refractivity contribution is 8.00. The molecule has 0 fully saturated rings. The molecule has 2 amide bonds. The van der Waals surface area contributed by atoms with Crippen molar-refractivity contribution in [3.63, 3.8) is 0 Å². The largest absolute Gasteiger partial charge is 0.481 e. The lowest BCUT2D eigenvalue weighted by molar-refractivity contribution is -0.137. The van der Waals surface area contributed by atoms with E-state index in [1.165, 1.54) is 23.1 Å². The van der Waals surface area contributed by atoms with Crippen LogP contribution in [0.2, 0.25) is 0 Å². The lowest BCUT2D eigenvalue weighted by Gasteiger charge is -2.22. The predicted octanol–water partition coefficient (Wildman–Crippen LogP) is 3.13. The van der Waals surface area contributed by atoms with Crippen molar-refractivity contribution >= 4 is 46.6 Å². The number of carbonyl (C=O) groups excluding carboxylic acids is 2. The van der Waals surface area contributed by atoms with Crippen LogP contribution in [0.5, 0.6) is 0 Å². The van der Waals surface area contributed by atoms with E-state index in [-0.39, 0.29) is 23.5 Å². The van der Waals surface area contributed by atoms with Crippen molar-refractivity contribution in [2.24, 2.45) is 0 Å². The maximum absolute atomic E-state index is 12.5. The number of nitrogens with one attached hydrogen (secondary N) is 2. The Balaban J connectivity index is 1.79. The van der Waals surface area contributed by atoms with Crippen LogP contribution in [0.25, 0.3) is 0 Å². The molecule has 130 valence electrons. The van der Waals surface area contributed by atoms with E-state index >= 15 is 0 Å². The van der Waals surface area contributed by atoms with Crippen molar-refractivity contribution in [3.8, 4) is 0 Å². The SMILES string of the molecule is C[C@@H]1Sc2ccc(C(=O)N[C@H](CC(=O)O)c3cccs3)cc2NC1=O. The molecule has 6 nitrogen and oxygen atoms in total. The van der Waals surface area contributed by atoms with E-state index in [0.717, 1.165) is 9.77 Å². The Kier molecular flexibility index (Phi) is 5.10. The number of thioether (sulfide) groups is 1. The Bertz CT molecular complexity index is 820. The van der Waals surface area contributed by atoms with Crippen LogP contribution in [0.1, 0.15) is 34.6 Å². The number of carboxylic acid groups (broad SMARTS) is 1. The Morgan fingerprint density at radius 2 is 2.16 bits per heavy atom. The highest BCUT2D eigenvalue weighted by atomic mass is 32.2. The molecule has 0 saturated carbocycles. The second-order valence-electron chi connectivity index (χ2n) is 5.60. The molecule has 0 spiro atoms. The number of aliphatic carboxylic acids is 1. The molecule has 1 aromatic carbocycles. The van der Waals surface area contributed by atoms with Gasteiger partial charge in [-0.1, -0.05) is 6.07 Å².